The highest BCUT2D eigenvalue weighted by Crippen LogP contribution is 2.23. The zero-order valence-corrected chi connectivity index (χ0v) is 9.37. The molecule has 0 spiro atoms. The molecule has 0 saturated heterocycles. The Morgan fingerprint density at radius 2 is 1.94 bits per heavy atom. The quantitative estimate of drug-likeness (QED) is 0.786. The number of rotatable bonds is 4. The Hall–Kier alpha value is -1.47. The van der Waals surface area contributed by atoms with E-state index in [0.717, 1.165) is 18.2 Å². The summed E-state index contributed by atoms with van der Waals surface area (Å²) in [7, 11) is 0. The maximum Gasteiger partial charge on any atom is 0.129 e. The minimum atomic E-state index is -0.731. The van der Waals surface area contributed by atoms with E-state index in [1.807, 2.05) is 19.9 Å². The van der Waals surface area contributed by atoms with Crippen LogP contribution in [0.2, 0.25) is 0 Å². The van der Waals surface area contributed by atoms with Crippen LogP contribution in [0.5, 0.6) is 0 Å². The summed E-state index contributed by atoms with van der Waals surface area (Å²) >= 11 is 0. The van der Waals surface area contributed by atoms with Crippen molar-refractivity contribution in [2.24, 2.45) is 0 Å². The number of halogens is 2. The van der Waals surface area contributed by atoms with Crippen molar-refractivity contribution in [3.05, 3.63) is 35.4 Å². The summed E-state index contributed by atoms with van der Waals surface area (Å²) in [6.07, 6.45) is 0. The molecule has 0 aliphatic carbocycles. The summed E-state index contributed by atoms with van der Waals surface area (Å²) in [5.74, 6) is -1.07. The highest BCUT2D eigenvalue weighted by Gasteiger charge is 2.21. The first-order valence-corrected chi connectivity index (χ1v) is 5.22. The van der Waals surface area contributed by atoms with E-state index in [1.54, 1.807) is 4.90 Å². The minimum absolute atomic E-state index is 0.103. The molecule has 1 rings (SSSR count). The van der Waals surface area contributed by atoms with E-state index < -0.39 is 17.7 Å². The fourth-order valence-corrected chi connectivity index (χ4v) is 1.66. The van der Waals surface area contributed by atoms with Gasteiger partial charge in [0, 0.05) is 5.56 Å². The molecule has 4 heteroatoms. The fraction of sp³-hybridized carbons (Fsp3) is 0.417. The predicted octanol–water partition coefficient (Wildman–Crippen LogP) is 2.87. The van der Waals surface area contributed by atoms with Gasteiger partial charge in [-0.1, -0.05) is 13.8 Å². The normalized spacial score (nSPS) is 12.5. The molecule has 0 N–H and O–H groups in total. The Morgan fingerprint density at radius 1 is 1.31 bits per heavy atom. The summed E-state index contributed by atoms with van der Waals surface area (Å²) in [4.78, 5) is 1.78. The SMILES string of the molecule is CCN(CC)C(C#N)c1cc(F)ccc1F. The van der Waals surface area contributed by atoms with Gasteiger partial charge in [0.25, 0.3) is 0 Å². The van der Waals surface area contributed by atoms with Crippen LogP contribution in [0, 0.1) is 23.0 Å². The van der Waals surface area contributed by atoms with E-state index in [2.05, 4.69) is 0 Å². The lowest BCUT2D eigenvalue weighted by Gasteiger charge is -2.24. The molecule has 1 aromatic rings. The van der Waals surface area contributed by atoms with Crippen LogP contribution in [0.15, 0.2) is 18.2 Å². The minimum Gasteiger partial charge on any atom is -0.285 e. The number of nitriles is 1. The zero-order chi connectivity index (χ0) is 12.1. The van der Waals surface area contributed by atoms with Gasteiger partial charge in [-0.25, -0.2) is 8.78 Å². The van der Waals surface area contributed by atoms with Crippen LogP contribution >= 0.6 is 0 Å². The topological polar surface area (TPSA) is 27.0 Å². The molecule has 2 nitrogen and oxygen atoms in total. The number of hydrogen-bond donors (Lipinski definition) is 0. The first-order chi connectivity index (χ1) is 7.63. The van der Waals surface area contributed by atoms with Crippen LogP contribution in [0.1, 0.15) is 25.5 Å². The van der Waals surface area contributed by atoms with Crippen molar-refractivity contribution >= 4 is 0 Å². The maximum absolute atomic E-state index is 13.5. The molecule has 1 unspecified atom stereocenters. The molecule has 1 aromatic carbocycles. The second-order valence-electron chi connectivity index (χ2n) is 3.42. The largest absolute Gasteiger partial charge is 0.285 e. The van der Waals surface area contributed by atoms with E-state index in [4.69, 9.17) is 5.26 Å². The van der Waals surface area contributed by atoms with Crippen LogP contribution in [-0.2, 0) is 0 Å². The predicted molar refractivity (Wildman–Crippen MR) is 57.6 cm³/mol. The Balaban J connectivity index is 3.13. The van der Waals surface area contributed by atoms with E-state index in [-0.39, 0.29) is 5.56 Å². The molecule has 16 heavy (non-hydrogen) atoms. The third-order valence-electron chi connectivity index (χ3n) is 2.55. The van der Waals surface area contributed by atoms with Gasteiger partial charge in [-0.3, -0.25) is 4.90 Å². The second kappa shape index (κ2) is 5.57. The van der Waals surface area contributed by atoms with E-state index in [1.165, 1.54) is 0 Å². The molecule has 0 fully saturated rings. The van der Waals surface area contributed by atoms with Crippen molar-refractivity contribution in [3.63, 3.8) is 0 Å². The van der Waals surface area contributed by atoms with Gasteiger partial charge in [-0.15, -0.1) is 0 Å². The lowest BCUT2D eigenvalue weighted by molar-refractivity contribution is 0.257. The summed E-state index contributed by atoms with van der Waals surface area (Å²) in [6, 6.07) is 4.47. The van der Waals surface area contributed by atoms with Crippen molar-refractivity contribution in [2.45, 2.75) is 19.9 Å². The summed E-state index contributed by atoms with van der Waals surface area (Å²) in [6.45, 7) is 4.99. The number of hydrogen-bond acceptors (Lipinski definition) is 2. The van der Waals surface area contributed by atoms with Crippen LogP contribution in [0.4, 0.5) is 8.78 Å². The summed E-state index contributed by atoms with van der Waals surface area (Å²) < 4.78 is 26.5. The molecule has 0 aromatic heterocycles. The lowest BCUT2D eigenvalue weighted by Crippen LogP contribution is -2.28. The molecule has 0 heterocycles. The molecular formula is C12H14F2N2. The van der Waals surface area contributed by atoms with Crippen molar-refractivity contribution in [1.29, 1.82) is 5.26 Å². The number of nitrogens with zero attached hydrogens (tertiary/aromatic N) is 2. The van der Waals surface area contributed by atoms with Crippen LogP contribution in [0.25, 0.3) is 0 Å². The molecule has 1 atom stereocenters. The van der Waals surface area contributed by atoms with Gasteiger partial charge >= 0.3 is 0 Å². The van der Waals surface area contributed by atoms with Gasteiger partial charge in [-0.2, -0.15) is 5.26 Å². The van der Waals surface area contributed by atoms with Crippen LogP contribution in [-0.4, -0.2) is 18.0 Å². The van der Waals surface area contributed by atoms with Gasteiger partial charge in [0.2, 0.25) is 0 Å². The Labute approximate surface area is 94.1 Å². The molecule has 86 valence electrons. The Morgan fingerprint density at radius 3 is 2.44 bits per heavy atom. The summed E-state index contributed by atoms with van der Waals surface area (Å²) in [5, 5.41) is 9.05. The van der Waals surface area contributed by atoms with Crippen molar-refractivity contribution in [1.82, 2.24) is 4.90 Å². The van der Waals surface area contributed by atoms with Gasteiger partial charge in [0.05, 0.1) is 6.07 Å². The van der Waals surface area contributed by atoms with Gasteiger partial charge < -0.3 is 0 Å². The highest BCUT2D eigenvalue weighted by atomic mass is 19.1. The standard InChI is InChI=1S/C12H14F2N2/c1-3-16(4-2)12(8-15)10-7-9(13)5-6-11(10)14/h5-7,12H,3-4H2,1-2H3. The first kappa shape index (κ1) is 12.6. The maximum atomic E-state index is 13.5. The van der Waals surface area contributed by atoms with Crippen molar-refractivity contribution in [2.75, 3.05) is 13.1 Å². The molecule has 0 saturated carbocycles. The van der Waals surface area contributed by atoms with Crippen molar-refractivity contribution in [3.8, 4) is 6.07 Å². The van der Waals surface area contributed by atoms with Gasteiger partial charge in [-0.05, 0) is 31.3 Å². The summed E-state index contributed by atoms with van der Waals surface area (Å²) in [5.41, 5.74) is 0.103. The van der Waals surface area contributed by atoms with Crippen LogP contribution in [0.3, 0.4) is 0 Å². The highest BCUT2D eigenvalue weighted by molar-refractivity contribution is 5.26. The fourth-order valence-electron chi connectivity index (χ4n) is 1.66. The smallest absolute Gasteiger partial charge is 0.129 e. The van der Waals surface area contributed by atoms with Gasteiger partial charge in [0.1, 0.15) is 17.7 Å². The van der Waals surface area contributed by atoms with E-state index in [0.29, 0.717) is 13.1 Å². The monoisotopic (exact) mass is 224 g/mol. The molecule has 0 bridgehead atoms. The third-order valence-corrected chi connectivity index (χ3v) is 2.55. The second-order valence-corrected chi connectivity index (χ2v) is 3.42. The average molecular weight is 224 g/mol. The molecule has 0 aliphatic heterocycles. The van der Waals surface area contributed by atoms with E-state index in [9.17, 15) is 8.78 Å². The lowest BCUT2D eigenvalue weighted by atomic mass is 10.1. The Kier molecular flexibility index (Phi) is 4.39. The zero-order valence-electron chi connectivity index (χ0n) is 9.37. The molecule has 0 amide bonds. The van der Waals surface area contributed by atoms with E-state index >= 15 is 0 Å². The van der Waals surface area contributed by atoms with Crippen LogP contribution < -0.4 is 0 Å². The first-order valence-electron chi connectivity index (χ1n) is 5.22. The average Bonchev–Trinajstić information content (AvgIpc) is 2.29. The van der Waals surface area contributed by atoms with Crippen molar-refractivity contribution < 1.29 is 8.78 Å². The Bertz CT molecular complexity index is 394. The third kappa shape index (κ3) is 2.56. The molecular weight excluding hydrogens is 210 g/mol. The molecule has 0 radical (unpaired) electrons. The van der Waals surface area contributed by atoms with Gasteiger partial charge in [0.15, 0.2) is 0 Å². The molecule has 0 aliphatic rings. The number of benzene rings is 1.